The van der Waals surface area contributed by atoms with Crippen LogP contribution in [0, 0.1) is 23.4 Å². The van der Waals surface area contributed by atoms with Gasteiger partial charge in [0, 0.05) is 18.5 Å². The van der Waals surface area contributed by atoms with Crippen molar-refractivity contribution in [2.45, 2.75) is 127 Å². The average molecular weight is 820 g/mol. The van der Waals surface area contributed by atoms with Crippen molar-refractivity contribution < 1.29 is 55.0 Å². The van der Waals surface area contributed by atoms with Crippen molar-refractivity contribution in [1.29, 1.82) is 0 Å². The molecule has 0 bridgehead atoms. The van der Waals surface area contributed by atoms with Crippen LogP contribution in [-0.2, 0) is 52.7 Å². The molecule has 3 fully saturated rings. The number of sulfonamides is 1. The molecule has 1 unspecified atom stereocenters. The predicted octanol–water partition coefficient (Wildman–Crippen LogP) is 4.68. The number of benzene rings is 2. The number of fused-ring (bicyclic) bond motifs is 3. The van der Waals surface area contributed by atoms with E-state index in [-0.39, 0.29) is 44.5 Å². The van der Waals surface area contributed by atoms with Gasteiger partial charge in [-0.1, -0.05) is 50.3 Å². The second kappa shape index (κ2) is 16.5. The van der Waals surface area contributed by atoms with Crippen LogP contribution in [0.2, 0.25) is 0 Å². The first-order valence-electron chi connectivity index (χ1n) is 19.2. The van der Waals surface area contributed by atoms with Gasteiger partial charge in [-0.3, -0.25) is 24.0 Å². The van der Waals surface area contributed by atoms with Gasteiger partial charge in [0.05, 0.1) is 18.8 Å². The van der Waals surface area contributed by atoms with Crippen LogP contribution in [0.4, 0.5) is 22.8 Å². The summed E-state index contributed by atoms with van der Waals surface area (Å²) >= 11 is 0. The van der Waals surface area contributed by atoms with Crippen molar-refractivity contribution in [3.63, 3.8) is 0 Å². The fourth-order valence-corrected chi connectivity index (χ4v) is 9.02. The van der Waals surface area contributed by atoms with Gasteiger partial charge < -0.3 is 25.0 Å². The van der Waals surface area contributed by atoms with Gasteiger partial charge in [0.2, 0.25) is 21.8 Å². The first-order valence-corrected chi connectivity index (χ1v) is 20.8. The Balaban J connectivity index is 1.24. The van der Waals surface area contributed by atoms with E-state index in [0.29, 0.717) is 42.9 Å². The van der Waals surface area contributed by atoms with E-state index < -0.39 is 98.4 Å². The Morgan fingerprint density at radius 3 is 2.37 bits per heavy atom. The third-order valence-electron chi connectivity index (χ3n) is 10.8. The Labute approximate surface area is 329 Å². The highest BCUT2D eigenvalue weighted by Crippen LogP contribution is 2.48. The molecule has 0 radical (unpaired) electrons. The summed E-state index contributed by atoms with van der Waals surface area (Å²) in [6.45, 7) is 4.80. The molecule has 2 aromatic rings. The van der Waals surface area contributed by atoms with Crippen LogP contribution in [0.15, 0.2) is 36.4 Å². The second-order valence-electron chi connectivity index (χ2n) is 16.3. The van der Waals surface area contributed by atoms with E-state index in [9.17, 15) is 45.6 Å². The minimum atomic E-state index is -4.46. The maximum absolute atomic E-state index is 14.5. The van der Waals surface area contributed by atoms with E-state index in [1.54, 1.807) is 26.8 Å². The van der Waals surface area contributed by atoms with Gasteiger partial charge >= 0.3 is 12.2 Å². The molecular weight excluding hydrogens is 772 g/mol. The zero-order chi connectivity index (χ0) is 41.3. The summed E-state index contributed by atoms with van der Waals surface area (Å²) in [5.74, 6) is -6.66. The van der Waals surface area contributed by atoms with Crippen molar-refractivity contribution in [3.05, 3.63) is 70.5 Å². The summed E-state index contributed by atoms with van der Waals surface area (Å²) in [7, 11) is -4.46. The molecule has 3 heterocycles. The van der Waals surface area contributed by atoms with Crippen molar-refractivity contribution in [1.82, 2.24) is 25.2 Å². The van der Waals surface area contributed by atoms with Gasteiger partial charge in [0.1, 0.15) is 35.1 Å². The molecule has 18 heteroatoms. The number of nitrogens with one attached hydrogen (secondary N) is 3. The first kappa shape index (κ1) is 41.8. The lowest BCUT2D eigenvalue weighted by atomic mass is 10.0. The van der Waals surface area contributed by atoms with Crippen LogP contribution in [0.5, 0.6) is 0 Å². The highest BCUT2D eigenvalue weighted by atomic mass is 32.2. The quantitative estimate of drug-likeness (QED) is 0.373. The van der Waals surface area contributed by atoms with Gasteiger partial charge in [-0.05, 0) is 75.3 Å². The molecule has 14 nitrogen and oxygen atoms in total. The van der Waals surface area contributed by atoms with E-state index in [1.165, 1.54) is 21.9 Å². The Morgan fingerprint density at radius 1 is 0.947 bits per heavy atom. The summed E-state index contributed by atoms with van der Waals surface area (Å²) in [5.41, 5.74) is -1.69. The van der Waals surface area contributed by atoms with E-state index in [0.717, 1.165) is 25.0 Å². The molecule has 1 saturated carbocycles. The molecule has 4 aliphatic rings. The summed E-state index contributed by atoms with van der Waals surface area (Å²) in [4.78, 5) is 71.4. The molecule has 0 spiro atoms. The number of hydrogen-bond acceptors (Lipinski definition) is 9. The fourth-order valence-electron chi connectivity index (χ4n) is 7.87. The number of rotatable bonds is 6. The molecule has 3 N–H and O–H groups in total. The van der Waals surface area contributed by atoms with Crippen molar-refractivity contribution in [2.24, 2.45) is 5.92 Å². The minimum absolute atomic E-state index is 0.0416. The number of nitrogens with zero attached hydrogens (tertiary/aromatic N) is 2. The van der Waals surface area contributed by atoms with Gasteiger partial charge in [-0.25, -0.2) is 31.2 Å². The molecule has 5 amide bonds. The van der Waals surface area contributed by atoms with E-state index in [2.05, 4.69) is 10.6 Å². The maximum atomic E-state index is 14.5. The third kappa shape index (κ3) is 9.99. The minimum Gasteiger partial charge on any atom is -0.444 e. The van der Waals surface area contributed by atoms with E-state index >= 15 is 0 Å². The lowest BCUT2D eigenvalue weighted by molar-refractivity contribution is -0.141. The molecule has 2 saturated heterocycles. The first-order chi connectivity index (χ1) is 26.8. The number of amides is 5. The molecule has 1 aliphatic carbocycles. The monoisotopic (exact) mass is 819 g/mol. The predicted molar refractivity (Wildman–Crippen MR) is 198 cm³/mol. The highest BCUT2D eigenvalue weighted by Gasteiger charge is 2.62. The van der Waals surface area contributed by atoms with Crippen LogP contribution >= 0.6 is 0 Å². The van der Waals surface area contributed by atoms with Crippen LogP contribution < -0.4 is 15.4 Å². The van der Waals surface area contributed by atoms with Crippen molar-refractivity contribution in [2.75, 3.05) is 6.54 Å². The standard InChI is InChI=1S/C39H48F3N5O9S/c1-38(2,3)56-36(51)43-31-13-8-6-4-5-7-11-25-18-39(25,35(50)45-57(53,54)22-23-14-15-29(41)30(42)16-23)44-33(48)32-17-26(20-47(32)34(31)49)55-37(52)46-19-24-10-9-12-28(40)27(24)21-46/h9-10,12,14-16,25-26,31-32H,4-8,11,13,17-22H2,1-3H3,(H,43,51)(H,44,48)(H,45,50)/t25?,26-,31+,32+,39-/m1/s1. The molecule has 6 rings (SSSR count). The van der Waals surface area contributed by atoms with Crippen LogP contribution in [0.3, 0.4) is 0 Å². The van der Waals surface area contributed by atoms with Gasteiger partial charge in [0.15, 0.2) is 11.6 Å². The molecule has 3 aliphatic heterocycles. The number of ether oxygens (including phenoxy) is 2. The average Bonchev–Trinajstić information content (AvgIpc) is 3.40. The maximum Gasteiger partial charge on any atom is 0.410 e. The lowest BCUT2D eigenvalue weighted by Gasteiger charge is -2.30. The molecule has 2 aromatic carbocycles. The third-order valence-corrected chi connectivity index (χ3v) is 12.0. The number of hydrogen-bond donors (Lipinski definition) is 3. The molecular formula is C39H48F3N5O9S. The molecule has 5 atom stereocenters. The zero-order valence-electron chi connectivity index (χ0n) is 32.1. The molecule has 57 heavy (non-hydrogen) atoms. The Morgan fingerprint density at radius 2 is 1.67 bits per heavy atom. The smallest absolute Gasteiger partial charge is 0.410 e. The highest BCUT2D eigenvalue weighted by molar-refractivity contribution is 7.89. The summed E-state index contributed by atoms with van der Waals surface area (Å²) in [6.07, 6.45) is 1.37. The van der Waals surface area contributed by atoms with Crippen LogP contribution in [0.1, 0.15) is 95.2 Å². The van der Waals surface area contributed by atoms with E-state index in [4.69, 9.17) is 9.47 Å². The SMILES string of the molecule is CC(C)(C)OC(=O)N[C@H]1CCCCCCCC2C[C@@]2(C(=O)NS(=O)(=O)Cc2ccc(F)c(F)c2)NC(=O)[C@@H]2C[C@@H](OC(=O)N3Cc4cccc(F)c4C3)CN2C1=O. The van der Waals surface area contributed by atoms with Crippen molar-refractivity contribution >= 4 is 39.9 Å². The zero-order valence-corrected chi connectivity index (χ0v) is 32.9. The number of carbonyl (C=O) groups is 5. The van der Waals surface area contributed by atoms with Gasteiger partial charge in [0.25, 0.3) is 5.91 Å². The van der Waals surface area contributed by atoms with Gasteiger partial charge in [-0.15, -0.1) is 0 Å². The summed E-state index contributed by atoms with van der Waals surface area (Å²) in [5, 5.41) is 5.39. The van der Waals surface area contributed by atoms with Gasteiger partial charge in [-0.2, -0.15) is 0 Å². The van der Waals surface area contributed by atoms with Crippen molar-refractivity contribution in [3.8, 4) is 0 Å². The Kier molecular flexibility index (Phi) is 12.1. The number of alkyl carbamates (subject to hydrolysis) is 1. The molecule has 0 aromatic heterocycles. The topological polar surface area (TPSA) is 181 Å². The Hall–Kier alpha value is -4.87. The lowest BCUT2D eigenvalue weighted by Crippen LogP contribution is -2.58. The Bertz CT molecular complexity index is 2030. The molecule has 310 valence electrons. The fraction of sp³-hybridized carbons (Fsp3) is 0.564. The largest absolute Gasteiger partial charge is 0.444 e. The summed E-state index contributed by atoms with van der Waals surface area (Å²) in [6, 6.07) is 4.65. The van der Waals surface area contributed by atoms with E-state index in [1.807, 2.05) is 4.72 Å². The normalized spacial score (nSPS) is 25.5. The van der Waals surface area contributed by atoms with Crippen LogP contribution in [0.25, 0.3) is 0 Å². The summed E-state index contributed by atoms with van der Waals surface area (Å²) < 4.78 is 81.3. The number of halogens is 3. The number of carbonyl (C=O) groups excluding carboxylic acids is 5. The second-order valence-corrected chi connectivity index (χ2v) is 18.0. The van der Waals surface area contributed by atoms with Crippen LogP contribution in [-0.4, -0.2) is 84.0 Å².